The van der Waals surface area contributed by atoms with Gasteiger partial charge in [-0.05, 0) is 37.2 Å². The first-order valence-electron chi connectivity index (χ1n) is 7.67. The number of likely N-dealkylation sites (tertiary alicyclic amines) is 1. The van der Waals surface area contributed by atoms with Gasteiger partial charge in [0.2, 0.25) is 5.91 Å². The van der Waals surface area contributed by atoms with E-state index >= 15 is 0 Å². The molecule has 3 rings (SSSR count). The van der Waals surface area contributed by atoms with Crippen LogP contribution in [0.3, 0.4) is 0 Å². The lowest BCUT2D eigenvalue weighted by molar-refractivity contribution is -0.133. The van der Waals surface area contributed by atoms with Crippen LogP contribution in [0.1, 0.15) is 37.2 Å². The van der Waals surface area contributed by atoms with Gasteiger partial charge in [-0.25, -0.2) is 5.43 Å². The third-order valence-corrected chi connectivity index (χ3v) is 4.44. The van der Waals surface area contributed by atoms with Crippen LogP contribution < -0.4 is 10.9 Å². The quantitative estimate of drug-likeness (QED) is 0.861. The number of hydrazine groups is 1. The lowest BCUT2D eigenvalue weighted by atomic mass is 9.92. The van der Waals surface area contributed by atoms with Crippen molar-refractivity contribution < 1.29 is 4.79 Å². The number of nitrogens with zero attached hydrogens (tertiary/aromatic N) is 1. The molecule has 2 atom stereocenters. The average molecular weight is 273 g/mol. The van der Waals surface area contributed by atoms with E-state index in [0.29, 0.717) is 5.92 Å². The number of rotatable bonds is 2. The first-order valence-corrected chi connectivity index (χ1v) is 7.67. The van der Waals surface area contributed by atoms with Gasteiger partial charge in [-0.15, -0.1) is 0 Å². The van der Waals surface area contributed by atoms with Gasteiger partial charge in [-0.2, -0.15) is 0 Å². The van der Waals surface area contributed by atoms with Gasteiger partial charge < -0.3 is 4.90 Å². The molecule has 108 valence electrons. The second-order valence-electron chi connectivity index (χ2n) is 5.78. The van der Waals surface area contributed by atoms with Gasteiger partial charge in [0, 0.05) is 19.6 Å². The topological polar surface area (TPSA) is 44.4 Å². The molecule has 4 heteroatoms. The Morgan fingerprint density at radius 2 is 1.95 bits per heavy atom. The van der Waals surface area contributed by atoms with Crippen LogP contribution in [0.2, 0.25) is 0 Å². The van der Waals surface area contributed by atoms with Crippen LogP contribution in [0.15, 0.2) is 30.3 Å². The van der Waals surface area contributed by atoms with Gasteiger partial charge in [0.25, 0.3) is 0 Å². The zero-order valence-electron chi connectivity index (χ0n) is 11.8. The molecule has 0 bridgehead atoms. The highest BCUT2D eigenvalue weighted by molar-refractivity contribution is 5.82. The molecule has 1 amide bonds. The average Bonchev–Trinajstić information content (AvgIpc) is 2.92. The molecule has 2 aliphatic heterocycles. The lowest BCUT2D eigenvalue weighted by Gasteiger charge is -2.23. The van der Waals surface area contributed by atoms with Crippen molar-refractivity contribution in [3.63, 3.8) is 0 Å². The van der Waals surface area contributed by atoms with Gasteiger partial charge in [-0.1, -0.05) is 30.3 Å². The maximum Gasteiger partial charge on any atom is 0.241 e. The molecule has 2 N–H and O–H groups in total. The summed E-state index contributed by atoms with van der Waals surface area (Å²) in [6.45, 7) is 2.67. The summed E-state index contributed by atoms with van der Waals surface area (Å²) < 4.78 is 0. The molecule has 2 saturated heterocycles. The van der Waals surface area contributed by atoms with E-state index in [1.807, 2.05) is 4.90 Å². The summed E-state index contributed by atoms with van der Waals surface area (Å²) in [5.41, 5.74) is 7.54. The van der Waals surface area contributed by atoms with Crippen molar-refractivity contribution in [2.24, 2.45) is 0 Å². The fourth-order valence-electron chi connectivity index (χ4n) is 3.26. The van der Waals surface area contributed by atoms with E-state index in [0.717, 1.165) is 38.9 Å². The number of hydrogen-bond acceptors (Lipinski definition) is 3. The summed E-state index contributed by atoms with van der Waals surface area (Å²) in [4.78, 5) is 14.5. The molecule has 20 heavy (non-hydrogen) atoms. The summed E-state index contributed by atoms with van der Waals surface area (Å²) in [5, 5.41) is 0. The Labute approximate surface area is 120 Å². The second kappa shape index (κ2) is 6.37. The molecular formula is C16H23N3O. The highest BCUT2D eigenvalue weighted by Crippen LogP contribution is 2.28. The maximum atomic E-state index is 12.4. The van der Waals surface area contributed by atoms with Crippen LogP contribution in [0.25, 0.3) is 0 Å². The van der Waals surface area contributed by atoms with Crippen LogP contribution in [0.5, 0.6) is 0 Å². The van der Waals surface area contributed by atoms with E-state index < -0.39 is 0 Å². The SMILES string of the molecule is O=C(C1CCNN1)N1CCCC(c2ccccc2)CC1. The number of nitrogens with one attached hydrogen (secondary N) is 2. The van der Waals surface area contributed by atoms with E-state index in [-0.39, 0.29) is 11.9 Å². The normalized spacial score (nSPS) is 27.3. The molecule has 0 radical (unpaired) electrons. The predicted molar refractivity (Wildman–Crippen MR) is 79.2 cm³/mol. The summed E-state index contributed by atoms with van der Waals surface area (Å²) in [6.07, 6.45) is 4.27. The van der Waals surface area contributed by atoms with E-state index in [9.17, 15) is 4.79 Å². The minimum absolute atomic E-state index is 0.0247. The standard InChI is InChI=1S/C16H23N3O/c20-16(15-8-10-17-18-15)19-11-4-7-14(9-12-19)13-5-2-1-3-6-13/h1-3,5-6,14-15,17-18H,4,7-12H2. The van der Waals surface area contributed by atoms with Crippen LogP contribution in [0, 0.1) is 0 Å². The van der Waals surface area contributed by atoms with Gasteiger partial charge in [-0.3, -0.25) is 10.2 Å². The van der Waals surface area contributed by atoms with Crippen molar-refractivity contribution in [2.75, 3.05) is 19.6 Å². The summed E-state index contributed by atoms with van der Waals surface area (Å²) >= 11 is 0. The van der Waals surface area contributed by atoms with Crippen LogP contribution >= 0.6 is 0 Å². The first-order chi connectivity index (χ1) is 9.84. The summed E-state index contributed by atoms with van der Waals surface area (Å²) in [7, 11) is 0. The molecule has 0 saturated carbocycles. The van der Waals surface area contributed by atoms with Crippen molar-refractivity contribution in [3.05, 3.63) is 35.9 Å². The molecule has 4 nitrogen and oxygen atoms in total. The zero-order valence-corrected chi connectivity index (χ0v) is 11.8. The summed E-state index contributed by atoms with van der Waals surface area (Å²) in [5.74, 6) is 0.868. The molecule has 2 unspecified atom stereocenters. The predicted octanol–water partition coefficient (Wildman–Crippen LogP) is 1.65. The van der Waals surface area contributed by atoms with E-state index in [4.69, 9.17) is 0 Å². The van der Waals surface area contributed by atoms with E-state index in [2.05, 4.69) is 41.2 Å². The number of carbonyl (C=O) groups excluding carboxylic acids is 1. The largest absolute Gasteiger partial charge is 0.341 e. The molecule has 2 fully saturated rings. The molecule has 1 aromatic carbocycles. The third-order valence-electron chi connectivity index (χ3n) is 4.44. The third kappa shape index (κ3) is 3.02. The Morgan fingerprint density at radius 1 is 1.10 bits per heavy atom. The molecule has 1 aromatic rings. The lowest BCUT2D eigenvalue weighted by Crippen LogP contribution is -2.45. The van der Waals surface area contributed by atoms with Crippen molar-refractivity contribution >= 4 is 5.91 Å². The van der Waals surface area contributed by atoms with Crippen molar-refractivity contribution in [3.8, 4) is 0 Å². The van der Waals surface area contributed by atoms with Crippen LogP contribution in [-0.4, -0.2) is 36.5 Å². The Bertz CT molecular complexity index is 442. The highest BCUT2D eigenvalue weighted by atomic mass is 16.2. The van der Waals surface area contributed by atoms with Gasteiger partial charge in [0.05, 0.1) is 0 Å². The fraction of sp³-hybridized carbons (Fsp3) is 0.562. The molecule has 0 spiro atoms. The molecular weight excluding hydrogens is 250 g/mol. The number of hydrogen-bond donors (Lipinski definition) is 2. The highest BCUT2D eigenvalue weighted by Gasteiger charge is 2.28. The van der Waals surface area contributed by atoms with Crippen molar-refractivity contribution in [2.45, 2.75) is 37.6 Å². The fourth-order valence-corrected chi connectivity index (χ4v) is 3.26. The Kier molecular flexibility index (Phi) is 4.33. The monoisotopic (exact) mass is 273 g/mol. The van der Waals surface area contributed by atoms with Gasteiger partial charge >= 0.3 is 0 Å². The molecule has 0 aromatic heterocycles. The smallest absolute Gasteiger partial charge is 0.241 e. The molecule has 0 aliphatic carbocycles. The van der Waals surface area contributed by atoms with Gasteiger partial charge in [0.1, 0.15) is 6.04 Å². The van der Waals surface area contributed by atoms with Crippen LogP contribution in [0.4, 0.5) is 0 Å². The zero-order chi connectivity index (χ0) is 13.8. The molecule has 2 aliphatic rings. The summed E-state index contributed by atoms with van der Waals surface area (Å²) in [6, 6.07) is 10.7. The van der Waals surface area contributed by atoms with Crippen LogP contribution in [-0.2, 0) is 4.79 Å². The Hall–Kier alpha value is -1.39. The Morgan fingerprint density at radius 3 is 2.70 bits per heavy atom. The minimum atomic E-state index is -0.0247. The van der Waals surface area contributed by atoms with Gasteiger partial charge in [0.15, 0.2) is 0 Å². The van der Waals surface area contributed by atoms with Crippen molar-refractivity contribution in [1.29, 1.82) is 0 Å². The second-order valence-corrected chi connectivity index (χ2v) is 5.78. The van der Waals surface area contributed by atoms with Crippen molar-refractivity contribution in [1.82, 2.24) is 15.8 Å². The molecule has 2 heterocycles. The number of amides is 1. The number of benzene rings is 1. The first kappa shape index (κ1) is 13.6. The maximum absolute atomic E-state index is 12.4. The number of carbonyl (C=O) groups is 1. The van der Waals surface area contributed by atoms with E-state index in [1.54, 1.807) is 0 Å². The Balaban J connectivity index is 1.60. The minimum Gasteiger partial charge on any atom is -0.341 e. The van der Waals surface area contributed by atoms with E-state index in [1.165, 1.54) is 12.0 Å².